The van der Waals surface area contributed by atoms with E-state index in [0.717, 1.165) is 32.5 Å². The summed E-state index contributed by atoms with van der Waals surface area (Å²) >= 11 is 6.16. The van der Waals surface area contributed by atoms with Crippen LogP contribution in [0.5, 0.6) is 11.5 Å². The molecule has 4 rings (SSSR count). The van der Waals surface area contributed by atoms with Crippen molar-refractivity contribution in [3.8, 4) is 11.5 Å². The van der Waals surface area contributed by atoms with Crippen LogP contribution < -0.4 is 10.6 Å². The largest absolute Gasteiger partial charge is 0.507 e. The van der Waals surface area contributed by atoms with Crippen LogP contribution in [0.4, 0.5) is 11.4 Å². The second-order valence-electron chi connectivity index (χ2n) is 9.42. The summed E-state index contributed by atoms with van der Waals surface area (Å²) < 4.78 is 0. The van der Waals surface area contributed by atoms with E-state index in [2.05, 4.69) is 15.5 Å². The van der Waals surface area contributed by atoms with Gasteiger partial charge in [-0.2, -0.15) is 0 Å². The van der Waals surface area contributed by atoms with Gasteiger partial charge in [-0.05, 0) is 57.7 Å². The molecule has 2 aromatic carbocycles. The molecular weight excluding hydrogens is 539 g/mol. The van der Waals surface area contributed by atoms with Crippen LogP contribution in [0, 0.1) is 0 Å². The number of likely N-dealkylation sites (tertiary alicyclic amines) is 1. The van der Waals surface area contributed by atoms with Crippen molar-refractivity contribution < 1.29 is 19.8 Å². The molecule has 4 N–H and O–H groups in total. The van der Waals surface area contributed by atoms with E-state index in [1.54, 1.807) is 12.1 Å². The number of phenols is 2. The van der Waals surface area contributed by atoms with Gasteiger partial charge in [-0.3, -0.25) is 14.5 Å². The number of carbonyl (C=O) groups is 2. The number of nitrogens with one attached hydrogen (secondary N) is 2. The van der Waals surface area contributed by atoms with Crippen LogP contribution in [-0.2, 0) is 0 Å². The van der Waals surface area contributed by atoms with Crippen molar-refractivity contribution in [2.45, 2.75) is 25.3 Å². The summed E-state index contributed by atoms with van der Waals surface area (Å²) in [5, 5.41) is 27.4. The van der Waals surface area contributed by atoms with Crippen LogP contribution in [0.2, 0.25) is 0 Å². The van der Waals surface area contributed by atoms with Crippen LogP contribution in [0.25, 0.3) is 0 Å². The topological polar surface area (TPSA) is 105 Å². The molecule has 1 aliphatic carbocycles. The van der Waals surface area contributed by atoms with Crippen LogP contribution in [-0.4, -0.2) is 90.3 Å². The molecule has 1 aliphatic heterocycles. The lowest BCUT2D eigenvalue weighted by molar-refractivity contribution is 0.0975. The first-order chi connectivity index (χ1) is 16.8. The molecule has 2 aromatic rings. The summed E-state index contributed by atoms with van der Waals surface area (Å²) in [7, 11) is 3.90. The van der Waals surface area contributed by atoms with E-state index in [1.807, 2.05) is 19.0 Å². The Balaban J connectivity index is 0.00000241. The molecule has 1 heterocycles. The van der Waals surface area contributed by atoms with Crippen molar-refractivity contribution in [3.63, 3.8) is 0 Å². The second-order valence-corrected chi connectivity index (χ2v) is 9.73. The number of fused-ring (bicyclic) bond motifs is 2. The van der Waals surface area contributed by atoms with Gasteiger partial charge in [-0.25, -0.2) is 0 Å². The zero-order valence-corrected chi connectivity index (χ0v) is 23.4. The first kappa shape index (κ1) is 31.0. The van der Waals surface area contributed by atoms with Crippen molar-refractivity contribution in [1.29, 1.82) is 0 Å². The molecule has 1 unspecified atom stereocenters. The van der Waals surface area contributed by atoms with Crippen molar-refractivity contribution >= 4 is 59.4 Å². The first-order valence-corrected chi connectivity index (χ1v) is 12.6. The van der Waals surface area contributed by atoms with Gasteiger partial charge in [0.05, 0.1) is 22.3 Å². The summed E-state index contributed by atoms with van der Waals surface area (Å²) in [5.74, 6) is -1.03. The van der Waals surface area contributed by atoms with Crippen LogP contribution in [0.1, 0.15) is 51.1 Å². The molecule has 8 nitrogen and oxygen atoms in total. The molecular formula is C26H35Cl3N4O4. The number of anilines is 2. The van der Waals surface area contributed by atoms with Crippen molar-refractivity contribution in [3.05, 3.63) is 46.5 Å². The van der Waals surface area contributed by atoms with E-state index in [9.17, 15) is 19.8 Å². The predicted molar refractivity (Wildman–Crippen MR) is 153 cm³/mol. The number of aromatic hydroxyl groups is 2. The van der Waals surface area contributed by atoms with Crippen LogP contribution >= 0.6 is 36.4 Å². The minimum Gasteiger partial charge on any atom is -0.507 e. The third-order valence-electron chi connectivity index (χ3n) is 6.79. The monoisotopic (exact) mass is 572 g/mol. The second kappa shape index (κ2) is 13.5. The molecule has 0 saturated carbocycles. The quantitative estimate of drug-likeness (QED) is 0.223. The Morgan fingerprint density at radius 3 is 1.95 bits per heavy atom. The average molecular weight is 574 g/mol. The van der Waals surface area contributed by atoms with E-state index in [-0.39, 0.29) is 58.6 Å². The molecule has 0 amide bonds. The minimum atomic E-state index is -0.489. The average Bonchev–Trinajstić information content (AvgIpc) is 2.84. The zero-order valence-electron chi connectivity index (χ0n) is 21.1. The number of nitrogens with zero attached hydrogens (tertiary/aromatic N) is 2. The molecule has 0 radical (unpaired) electrons. The van der Waals surface area contributed by atoms with Gasteiger partial charge in [-0.1, -0.05) is 6.42 Å². The number of rotatable bonds is 9. The molecule has 0 bridgehead atoms. The number of hydrogen-bond acceptors (Lipinski definition) is 8. The number of alkyl halides is 1. The summed E-state index contributed by atoms with van der Waals surface area (Å²) in [4.78, 5) is 31.6. The van der Waals surface area contributed by atoms with Gasteiger partial charge in [0.25, 0.3) is 0 Å². The van der Waals surface area contributed by atoms with Gasteiger partial charge >= 0.3 is 0 Å². The van der Waals surface area contributed by atoms with Crippen LogP contribution in [0.15, 0.2) is 24.3 Å². The lowest BCUT2D eigenvalue weighted by Crippen LogP contribution is -2.43. The summed E-state index contributed by atoms with van der Waals surface area (Å²) in [6.45, 7) is 3.63. The Kier molecular flexibility index (Phi) is 11.3. The van der Waals surface area contributed by atoms with E-state index in [4.69, 9.17) is 11.6 Å². The van der Waals surface area contributed by atoms with E-state index < -0.39 is 11.6 Å². The Labute approximate surface area is 235 Å². The highest BCUT2D eigenvalue weighted by molar-refractivity contribution is 6.33. The van der Waals surface area contributed by atoms with Crippen molar-refractivity contribution in [2.24, 2.45) is 0 Å². The van der Waals surface area contributed by atoms with E-state index in [1.165, 1.54) is 18.6 Å². The third-order valence-corrected chi connectivity index (χ3v) is 7.15. The Morgan fingerprint density at radius 1 is 0.892 bits per heavy atom. The lowest BCUT2D eigenvalue weighted by atomic mass is 9.81. The fourth-order valence-electron chi connectivity index (χ4n) is 4.94. The van der Waals surface area contributed by atoms with E-state index >= 15 is 0 Å². The minimum absolute atomic E-state index is 0. The fraction of sp³-hybridized carbons (Fsp3) is 0.462. The maximum Gasteiger partial charge on any atom is 0.200 e. The number of ketones is 2. The maximum absolute atomic E-state index is 13.6. The van der Waals surface area contributed by atoms with Crippen molar-refractivity contribution in [1.82, 2.24) is 9.80 Å². The predicted octanol–water partition coefficient (Wildman–Crippen LogP) is 4.20. The normalized spacial score (nSPS) is 16.9. The van der Waals surface area contributed by atoms with Crippen LogP contribution in [0.3, 0.4) is 0 Å². The number of hydrogen-bond donors (Lipinski definition) is 4. The van der Waals surface area contributed by atoms with Gasteiger partial charge in [0.2, 0.25) is 11.6 Å². The molecule has 0 spiro atoms. The number of phenolic OH excluding ortho intramolecular Hbond substituents is 2. The molecule has 0 aromatic heterocycles. The number of halogens is 3. The zero-order chi connectivity index (χ0) is 25.1. The summed E-state index contributed by atoms with van der Waals surface area (Å²) in [6.07, 6.45) is 3.41. The smallest absolute Gasteiger partial charge is 0.200 e. The number of piperidine rings is 1. The highest BCUT2D eigenvalue weighted by atomic mass is 35.5. The number of likely N-dealkylation sites (N-methyl/N-ethyl adjacent to an activating group) is 1. The van der Waals surface area contributed by atoms with Gasteiger partial charge < -0.3 is 25.7 Å². The van der Waals surface area contributed by atoms with Gasteiger partial charge in [0.15, 0.2) is 0 Å². The highest BCUT2D eigenvalue weighted by Crippen LogP contribution is 2.42. The standard InChI is InChI=1S/C26H33ClN4O4.2ClH/c1-30(2)13-10-28-17-6-7-18(29-11-14-31-12-4-3-5-16(31)15-27)22-21(17)25(34)23-19(32)8-9-20(33)24(23)26(22)35;;/h6-9,16,28-29,32-33H,3-5,10-15H2,1-2H3;2*1H. The molecule has 11 heteroatoms. The lowest BCUT2D eigenvalue weighted by Gasteiger charge is -2.34. The Hall–Kier alpha value is -2.23. The molecule has 1 fully saturated rings. The van der Waals surface area contributed by atoms with E-state index in [0.29, 0.717) is 36.4 Å². The maximum atomic E-state index is 13.6. The SMILES string of the molecule is CN(C)CCNc1ccc(NCCN2CCCCC2CCl)c2c1C(=O)c1c(O)ccc(O)c1C2=O.Cl.Cl. The molecule has 1 saturated heterocycles. The molecule has 2 aliphatic rings. The van der Waals surface area contributed by atoms with Crippen molar-refractivity contribution in [2.75, 3.05) is 63.3 Å². The van der Waals surface area contributed by atoms with Gasteiger partial charge in [-0.15, -0.1) is 36.4 Å². The molecule has 204 valence electrons. The van der Waals surface area contributed by atoms with Gasteiger partial charge in [0, 0.05) is 49.5 Å². The summed E-state index contributed by atoms with van der Waals surface area (Å²) in [6, 6.07) is 6.40. The molecule has 37 heavy (non-hydrogen) atoms. The summed E-state index contributed by atoms with van der Waals surface area (Å²) in [5.41, 5.74) is 1.17. The number of benzene rings is 2. The highest BCUT2D eigenvalue weighted by Gasteiger charge is 2.38. The first-order valence-electron chi connectivity index (χ1n) is 12.1. The fourth-order valence-corrected chi connectivity index (χ4v) is 5.29. The third kappa shape index (κ3) is 6.44. The number of carbonyl (C=O) groups excluding carboxylic acids is 2. The Bertz CT molecular complexity index is 1130. The Morgan fingerprint density at radius 2 is 1.43 bits per heavy atom. The van der Waals surface area contributed by atoms with Gasteiger partial charge in [0.1, 0.15) is 11.5 Å². The molecule has 1 atom stereocenters.